The first-order chi connectivity index (χ1) is 53.9. The SMILES string of the molecule is CC(=O)NC1C(OCCOCCn2cc(CN(CCCC[C@H](C)N(Cc3cn(CCOCCOC4OC(CO)C(O)C(O)C4NC(C)=O)nn3)Cc3nnn(CCOCCOC4OC(CO)C(O)C(O)C4NC(C)=O)n3)Cc3cn(CCOCCOC4OC(CO)C(O)C(O)C4NC(C)=O)nn3)nn2)OC(CO)C(O)C1O. The van der Waals surface area contributed by atoms with Crippen molar-refractivity contribution in [3.05, 3.63) is 41.5 Å². The number of ether oxygens (including phenoxy) is 12. The Hall–Kier alpha value is -6.67. The van der Waals surface area contributed by atoms with Crippen LogP contribution in [0, 0.1) is 0 Å². The second-order valence-electron chi connectivity index (χ2n) is 27.3. The number of hydrogen-bond donors (Lipinski definition) is 16. The van der Waals surface area contributed by atoms with E-state index in [0.717, 1.165) is 6.42 Å². The molecule has 21 atom stereocenters. The zero-order valence-corrected chi connectivity index (χ0v) is 63.3. The monoisotopic (exact) mass is 1610 g/mol. The van der Waals surface area contributed by atoms with E-state index in [9.17, 15) is 80.5 Å². The molecule has 0 radical (unpaired) electrons. The molecule has 8 rings (SSSR count). The van der Waals surface area contributed by atoms with Crippen molar-refractivity contribution in [3.8, 4) is 0 Å². The molecule has 4 aromatic rings. The molecular formula is C65H111N19O28. The first kappa shape index (κ1) is 90.9. The van der Waals surface area contributed by atoms with Gasteiger partial charge in [-0.1, -0.05) is 22.1 Å². The lowest BCUT2D eigenvalue weighted by Gasteiger charge is -2.42. The predicted molar refractivity (Wildman–Crippen MR) is 373 cm³/mol. The van der Waals surface area contributed by atoms with Gasteiger partial charge in [-0.3, -0.25) is 29.0 Å². The van der Waals surface area contributed by atoms with Gasteiger partial charge in [-0.2, -0.15) is 4.80 Å². The van der Waals surface area contributed by atoms with Crippen LogP contribution in [0.3, 0.4) is 0 Å². The average molecular weight is 1610 g/mol. The Morgan fingerprint density at radius 2 is 0.741 bits per heavy atom. The number of aromatic nitrogens is 13. The van der Waals surface area contributed by atoms with Gasteiger partial charge in [0.05, 0.1) is 156 Å². The number of hydrogen-bond acceptors (Lipinski definition) is 39. The Morgan fingerprint density at radius 3 is 1.06 bits per heavy atom. The number of nitrogens with one attached hydrogen (secondary N) is 4. The molecule has 4 aromatic heterocycles. The number of unbranched alkanes of at least 4 members (excludes halogenated alkanes) is 1. The number of carbonyl (C=O) groups is 4. The summed E-state index contributed by atoms with van der Waals surface area (Å²) in [5.74, 6) is -1.55. The summed E-state index contributed by atoms with van der Waals surface area (Å²) in [6.07, 6.45) is -13.5. The smallest absolute Gasteiger partial charge is 0.217 e. The predicted octanol–water partition coefficient (Wildman–Crippen LogP) is -10.4. The van der Waals surface area contributed by atoms with Crippen LogP contribution in [0.2, 0.25) is 0 Å². The van der Waals surface area contributed by atoms with E-state index in [2.05, 4.69) is 84.3 Å². The maximum absolute atomic E-state index is 11.9. The highest BCUT2D eigenvalue weighted by Crippen LogP contribution is 2.27. The Morgan fingerprint density at radius 1 is 0.420 bits per heavy atom. The third kappa shape index (κ3) is 28.1. The van der Waals surface area contributed by atoms with Crippen LogP contribution in [0.15, 0.2) is 18.6 Å². The van der Waals surface area contributed by atoms with Gasteiger partial charge in [0.2, 0.25) is 23.6 Å². The van der Waals surface area contributed by atoms with Gasteiger partial charge in [-0.15, -0.1) is 25.5 Å². The summed E-state index contributed by atoms with van der Waals surface area (Å²) in [6.45, 7) is 8.50. The molecule has 4 aliphatic heterocycles. The van der Waals surface area contributed by atoms with Crippen molar-refractivity contribution in [1.29, 1.82) is 0 Å². The summed E-state index contributed by atoms with van der Waals surface area (Å²) < 4.78 is 73.7. The van der Waals surface area contributed by atoms with Gasteiger partial charge in [0.25, 0.3) is 0 Å². The number of aliphatic hydroxyl groups excluding tert-OH is 12. The number of nitrogens with zero attached hydrogens (tertiary/aromatic N) is 15. The molecule has 0 saturated carbocycles. The van der Waals surface area contributed by atoms with Crippen molar-refractivity contribution >= 4 is 23.6 Å². The van der Waals surface area contributed by atoms with Crippen LogP contribution in [0.25, 0.3) is 0 Å². The van der Waals surface area contributed by atoms with Crippen LogP contribution in [0.1, 0.15) is 76.8 Å². The van der Waals surface area contributed by atoms with E-state index in [4.69, 9.17) is 56.8 Å². The molecule has 8 heterocycles. The molecule has 47 heteroatoms. The van der Waals surface area contributed by atoms with Crippen molar-refractivity contribution in [2.45, 2.75) is 235 Å². The molecule has 0 aromatic carbocycles. The lowest BCUT2D eigenvalue weighted by molar-refractivity contribution is -0.272. The lowest BCUT2D eigenvalue weighted by atomic mass is 9.97. The molecule has 112 heavy (non-hydrogen) atoms. The third-order valence-electron chi connectivity index (χ3n) is 18.6. The fraction of sp³-hybridized carbons (Fsp3) is 0.831. The van der Waals surface area contributed by atoms with Gasteiger partial charge in [-0.25, -0.2) is 14.0 Å². The zero-order chi connectivity index (χ0) is 80.8. The minimum absolute atomic E-state index is 0.0220. The Kier molecular flexibility index (Phi) is 37.9. The second-order valence-corrected chi connectivity index (χ2v) is 27.3. The van der Waals surface area contributed by atoms with Crippen LogP contribution in [-0.2, 0) is 128 Å². The number of carbonyl (C=O) groups excluding carboxylic acids is 4. The number of rotatable bonds is 50. The van der Waals surface area contributed by atoms with E-state index >= 15 is 0 Å². The molecule has 47 nitrogen and oxygen atoms in total. The second kappa shape index (κ2) is 46.8. The van der Waals surface area contributed by atoms with Gasteiger partial charge < -0.3 is 139 Å². The van der Waals surface area contributed by atoms with Gasteiger partial charge in [0.1, 0.15) is 97.4 Å². The van der Waals surface area contributed by atoms with E-state index in [1.165, 1.54) is 32.5 Å². The highest BCUT2D eigenvalue weighted by atomic mass is 16.7. The van der Waals surface area contributed by atoms with E-state index in [1.54, 1.807) is 32.6 Å². The van der Waals surface area contributed by atoms with E-state index < -0.39 is 173 Å². The maximum atomic E-state index is 11.9. The molecule has 4 aliphatic rings. The zero-order valence-electron chi connectivity index (χ0n) is 63.3. The summed E-state index contributed by atoms with van der Waals surface area (Å²) in [5.41, 5.74) is 1.91. The summed E-state index contributed by atoms with van der Waals surface area (Å²) in [5, 5.41) is 173. The van der Waals surface area contributed by atoms with E-state index in [-0.39, 0.29) is 98.4 Å². The van der Waals surface area contributed by atoms with E-state index in [1.807, 2.05) is 0 Å². The molecule has 0 aliphatic carbocycles. The van der Waals surface area contributed by atoms with Gasteiger partial charge >= 0.3 is 0 Å². The van der Waals surface area contributed by atoms with Gasteiger partial charge in [-0.05, 0) is 31.5 Å². The average Bonchev–Trinajstić information content (AvgIpc) is 1.15. The molecule has 16 N–H and O–H groups in total. The number of amides is 4. The van der Waals surface area contributed by atoms with Crippen LogP contribution < -0.4 is 21.3 Å². The summed E-state index contributed by atoms with van der Waals surface area (Å²) >= 11 is 0. The normalized spacial score (nSPS) is 28.6. The van der Waals surface area contributed by atoms with Gasteiger partial charge in [0, 0.05) is 72.0 Å². The number of tetrazole rings is 1. The van der Waals surface area contributed by atoms with Crippen molar-refractivity contribution in [2.75, 3.05) is 112 Å². The minimum Gasteiger partial charge on any atom is -0.394 e. The maximum Gasteiger partial charge on any atom is 0.217 e. The first-order valence-corrected chi connectivity index (χ1v) is 37.1. The summed E-state index contributed by atoms with van der Waals surface area (Å²) in [6, 6.07) is -4.53. The Labute approximate surface area is 643 Å². The topological polar surface area (TPSA) is 612 Å². The molecule has 4 amide bonds. The molecule has 634 valence electrons. The molecular weight excluding hydrogens is 1490 g/mol. The summed E-state index contributed by atoms with van der Waals surface area (Å²) in [7, 11) is 0. The highest BCUT2D eigenvalue weighted by Gasteiger charge is 2.49. The van der Waals surface area contributed by atoms with Crippen molar-refractivity contribution in [2.24, 2.45) is 0 Å². The van der Waals surface area contributed by atoms with E-state index in [0.29, 0.717) is 81.6 Å². The van der Waals surface area contributed by atoms with Crippen molar-refractivity contribution in [3.63, 3.8) is 0 Å². The van der Waals surface area contributed by atoms with Gasteiger partial charge in [0.15, 0.2) is 31.0 Å². The first-order valence-electron chi connectivity index (χ1n) is 37.1. The van der Waals surface area contributed by atoms with Crippen molar-refractivity contribution < 1.29 is 137 Å². The number of aliphatic hydroxyl groups is 12. The highest BCUT2D eigenvalue weighted by molar-refractivity contribution is 5.74. The minimum atomic E-state index is -1.47. The summed E-state index contributed by atoms with van der Waals surface area (Å²) in [4.78, 5) is 53.2. The quantitative estimate of drug-likeness (QED) is 0.0183. The molecule has 20 unspecified atom stereocenters. The standard InChI is InChI=1S/C65H111N19O28/c1-37(80(28-44-31-83(77-72-44)12-16-103-20-24-107-64-52(68-40(4)91)60(99)56(95)47(35-87)111-64)32-49-73-78-84(74-49)13-17-104-21-25-108-65-53(69-41(5)92)61(100)57(96)48(36-88)112-65)8-6-7-9-79(26-42-29-81(75-70-42)10-14-101-18-22-105-62-50(66-38(2)89)58(97)54(93)45(33-85)109-62)27-43-30-82(76-71-43)11-15-102-19-23-106-63-51(67-39(3)90)59(98)55(94)46(34-86)110-63/h29-31,37,45-48,50-65,85-88,93-100H,6-28,32-36H2,1-5H3,(H,66,89)(H,67,90)(H,68,91)(H,69,92)/t37-,45?,46?,47?,48?,50?,51?,52?,53?,54?,55?,56?,57?,58?,59?,60?,61?,62?,63?,64?,65?/m0/s1. The molecule has 0 spiro atoms. The molecule has 4 fully saturated rings. The molecule has 4 saturated heterocycles. The van der Waals surface area contributed by atoms with Crippen molar-refractivity contribution in [1.82, 2.24) is 96.3 Å². The van der Waals surface area contributed by atoms with Crippen LogP contribution >= 0.6 is 0 Å². The fourth-order valence-electron chi connectivity index (χ4n) is 12.8. The Balaban J connectivity index is 0.872. The van der Waals surface area contributed by atoms with Crippen LogP contribution in [-0.4, -0.2) is 401 Å². The fourth-order valence-corrected chi connectivity index (χ4v) is 12.8. The van der Waals surface area contributed by atoms with Crippen LogP contribution in [0.5, 0.6) is 0 Å². The Bertz CT molecular complexity index is 3180. The lowest BCUT2D eigenvalue weighted by Crippen LogP contribution is -2.64. The van der Waals surface area contributed by atoms with Crippen LogP contribution in [0.4, 0.5) is 0 Å². The third-order valence-corrected chi connectivity index (χ3v) is 18.6. The molecule has 0 bridgehead atoms. The largest absolute Gasteiger partial charge is 0.394 e.